The second kappa shape index (κ2) is 9.18. The lowest BCUT2D eigenvalue weighted by Crippen LogP contribution is -2.47. The second-order valence-corrected chi connectivity index (χ2v) is 6.53. The highest BCUT2D eigenvalue weighted by Gasteiger charge is 2.24. The highest BCUT2D eigenvalue weighted by molar-refractivity contribution is 5.93. The lowest BCUT2D eigenvalue weighted by Gasteiger charge is -2.25. The molecular weight excluding hydrogens is 348 g/mol. The molecule has 1 aliphatic rings. The Morgan fingerprint density at radius 2 is 2.11 bits per heavy atom. The van der Waals surface area contributed by atoms with Crippen LogP contribution >= 0.6 is 0 Å². The van der Waals surface area contributed by atoms with Crippen molar-refractivity contribution in [3.05, 3.63) is 47.7 Å². The van der Waals surface area contributed by atoms with Gasteiger partial charge in [0.15, 0.2) is 5.82 Å². The van der Waals surface area contributed by atoms with Crippen molar-refractivity contribution in [2.45, 2.75) is 32.4 Å². The molecule has 2 heterocycles. The van der Waals surface area contributed by atoms with Crippen LogP contribution in [0.1, 0.15) is 24.2 Å². The molecule has 1 fully saturated rings. The predicted molar refractivity (Wildman–Crippen MR) is 99.1 cm³/mol. The van der Waals surface area contributed by atoms with Crippen molar-refractivity contribution >= 4 is 17.8 Å². The Balaban J connectivity index is 1.58. The number of anilines is 1. The molecule has 144 valence electrons. The van der Waals surface area contributed by atoms with Gasteiger partial charge in [0.25, 0.3) is 0 Å². The summed E-state index contributed by atoms with van der Waals surface area (Å²) >= 11 is 0. The number of nitrogens with one attached hydrogen (secondary N) is 2. The van der Waals surface area contributed by atoms with Gasteiger partial charge < -0.3 is 24.8 Å². The fourth-order valence-electron chi connectivity index (χ4n) is 2.92. The minimum absolute atomic E-state index is 0.0467. The van der Waals surface area contributed by atoms with Crippen LogP contribution in [-0.4, -0.2) is 47.8 Å². The van der Waals surface area contributed by atoms with Gasteiger partial charge in [0.05, 0.1) is 6.10 Å². The molecule has 1 saturated heterocycles. The number of nitrogens with zero attached hydrogens (tertiary/aromatic N) is 2. The number of aromatic nitrogens is 1. The van der Waals surface area contributed by atoms with Crippen molar-refractivity contribution in [1.29, 1.82) is 0 Å². The maximum absolute atomic E-state index is 12.6. The molecule has 1 aliphatic heterocycles. The molecule has 0 bridgehead atoms. The van der Waals surface area contributed by atoms with E-state index in [0.717, 1.165) is 18.4 Å². The number of hydrogen-bond donors (Lipinski definition) is 2. The van der Waals surface area contributed by atoms with Crippen molar-refractivity contribution in [1.82, 2.24) is 15.4 Å². The summed E-state index contributed by atoms with van der Waals surface area (Å²) in [5.41, 5.74) is 0.991. The van der Waals surface area contributed by atoms with Crippen molar-refractivity contribution in [3.63, 3.8) is 0 Å². The van der Waals surface area contributed by atoms with E-state index in [1.807, 2.05) is 30.3 Å². The molecule has 3 rings (SSSR count). The summed E-state index contributed by atoms with van der Waals surface area (Å²) in [5, 5.41) is 9.24. The summed E-state index contributed by atoms with van der Waals surface area (Å²) in [6.45, 7) is 3.10. The normalized spacial score (nSPS) is 16.1. The van der Waals surface area contributed by atoms with Gasteiger partial charge in [-0.1, -0.05) is 35.5 Å². The number of carbonyl (C=O) groups is 2. The Morgan fingerprint density at radius 3 is 2.78 bits per heavy atom. The number of benzene rings is 1. The van der Waals surface area contributed by atoms with Crippen LogP contribution in [0.3, 0.4) is 0 Å². The van der Waals surface area contributed by atoms with E-state index >= 15 is 0 Å². The zero-order valence-electron chi connectivity index (χ0n) is 15.3. The number of urea groups is 1. The van der Waals surface area contributed by atoms with E-state index < -0.39 is 0 Å². The minimum atomic E-state index is -0.337. The first-order valence-corrected chi connectivity index (χ1v) is 9.01. The molecule has 27 heavy (non-hydrogen) atoms. The highest BCUT2D eigenvalue weighted by Crippen LogP contribution is 2.14. The Bertz CT molecular complexity index is 756. The van der Waals surface area contributed by atoms with Crippen molar-refractivity contribution in [3.8, 4) is 0 Å². The van der Waals surface area contributed by atoms with Crippen LogP contribution in [0.15, 0.2) is 40.9 Å². The molecule has 2 N–H and O–H groups in total. The molecule has 8 nitrogen and oxygen atoms in total. The molecule has 0 aliphatic carbocycles. The van der Waals surface area contributed by atoms with E-state index in [2.05, 4.69) is 15.8 Å². The Hall–Kier alpha value is -2.87. The lowest BCUT2D eigenvalue weighted by atomic mass is 10.2. The van der Waals surface area contributed by atoms with Crippen LogP contribution in [0.5, 0.6) is 0 Å². The largest absolute Gasteiger partial charge is 0.376 e. The average molecular weight is 372 g/mol. The Morgan fingerprint density at radius 1 is 1.30 bits per heavy atom. The van der Waals surface area contributed by atoms with Crippen molar-refractivity contribution in [2.75, 3.05) is 25.0 Å². The molecule has 8 heteroatoms. The van der Waals surface area contributed by atoms with Gasteiger partial charge in [-0.2, -0.15) is 0 Å². The molecule has 2 aromatic rings. The van der Waals surface area contributed by atoms with Gasteiger partial charge in [0, 0.05) is 25.8 Å². The van der Waals surface area contributed by atoms with Gasteiger partial charge in [0.2, 0.25) is 5.91 Å². The third-order valence-corrected chi connectivity index (χ3v) is 4.25. The summed E-state index contributed by atoms with van der Waals surface area (Å²) in [7, 11) is 0. The average Bonchev–Trinajstić information content (AvgIpc) is 3.31. The van der Waals surface area contributed by atoms with Crippen LogP contribution in [0.25, 0.3) is 0 Å². The fourth-order valence-corrected chi connectivity index (χ4v) is 2.92. The van der Waals surface area contributed by atoms with Gasteiger partial charge in [-0.3, -0.25) is 4.79 Å². The zero-order chi connectivity index (χ0) is 19.1. The first-order chi connectivity index (χ1) is 13.1. The van der Waals surface area contributed by atoms with Gasteiger partial charge in [0.1, 0.15) is 12.3 Å². The number of ether oxygens (including phenoxy) is 1. The summed E-state index contributed by atoms with van der Waals surface area (Å²) in [5.74, 6) is 0.595. The fraction of sp³-hybridized carbons (Fsp3) is 0.421. The second-order valence-electron chi connectivity index (χ2n) is 6.53. The molecular formula is C19H24N4O4. The first-order valence-electron chi connectivity index (χ1n) is 9.01. The third kappa shape index (κ3) is 5.82. The molecule has 1 aromatic carbocycles. The van der Waals surface area contributed by atoms with Crippen molar-refractivity contribution < 1.29 is 18.8 Å². The van der Waals surface area contributed by atoms with Gasteiger partial charge in [-0.05, 0) is 25.3 Å². The van der Waals surface area contributed by atoms with E-state index in [4.69, 9.17) is 9.26 Å². The molecule has 0 radical (unpaired) electrons. The Labute approximate surface area is 157 Å². The highest BCUT2D eigenvalue weighted by atomic mass is 16.5. The smallest absolute Gasteiger partial charge is 0.318 e. The van der Waals surface area contributed by atoms with E-state index in [1.165, 1.54) is 4.90 Å². The van der Waals surface area contributed by atoms with Crippen LogP contribution in [0, 0.1) is 6.92 Å². The number of carbonyl (C=O) groups excluding carboxylic acids is 2. The molecule has 1 aromatic heterocycles. The van der Waals surface area contributed by atoms with E-state index in [0.29, 0.717) is 31.3 Å². The summed E-state index contributed by atoms with van der Waals surface area (Å²) in [6, 6.07) is 10.9. The van der Waals surface area contributed by atoms with Crippen LogP contribution in [0.4, 0.5) is 10.6 Å². The van der Waals surface area contributed by atoms with Crippen LogP contribution < -0.4 is 10.6 Å². The maximum atomic E-state index is 12.6. The van der Waals surface area contributed by atoms with Gasteiger partial charge in [-0.15, -0.1) is 0 Å². The standard InChI is InChI=1S/C19H24N4O4/c1-14-10-17(22-27-14)21-18(24)13-23(12-16-8-5-9-26-16)19(25)20-11-15-6-3-2-4-7-15/h2-4,6-7,10,16H,5,8-9,11-13H2,1H3,(H,20,25)(H,21,22,24). The predicted octanol–water partition coefficient (Wildman–Crippen LogP) is 2.31. The minimum Gasteiger partial charge on any atom is -0.376 e. The molecule has 3 amide bonds. The van der Waals surface area contributed by atoms with Gasteiger partial charge in [-0.25, -0.2) is 4.79 Å². The monoisotopic (exact) mass is 372 g/mol. The number of aryl methyl sites for hydroxylation is 1. The molecule has 0 saturated carbocycles. The van der Waals surface area contributed by atoms with Gasteiger partial charge >= 0.3 is 6.03 Å². The zero-order valence-corrected chi connectivity index (χ0v) is 15.3. The Kier molecular flexibility index (Phi) is 6.43. The molecule has 1 atom stereocenters. The molecule has 0 spiro atoms. The van der Waals surface area contributed by atoms with Crippen molar-refractivity contribution in [2.24, 2.45) is 0 Å². The SMILES string of the molecule is Cc1cc(NC(=O)CN(CC2CCCO2)C(=O)NCc2ccccc2)no1. The quantitative estimate of drug-likeness (QED) is 0.777. The first kappa shape index (κ1) is 18.9. The number of rotatable bonds is 7. The van der Waals surface area contributed by atoms with E-state index in [-0.39, 0.29) is 24.6 Å². The lowest BCUT2D eigenvalue weighted by molar-refractivity contribution is -0.117. The summed E-state index contributed by atoms with van der Waals surface area (Å²) in [4.78, 5) is 26.4. The van der Waals surface area contributed by atoms with Crippen LogP contribution in [-0.2, 0) is 16.1 Å². The van der Waals surface area contributed by atoms with Crippen LogP contribution in [0.2, 0.25) is 0 Å². The molecule has 1 unspecified atom stereocenters. The topological polar surface area (TPSA) is 96.7 Å². The van der Waals surface area contributed by atoms with E-state index in [1.54, 1.807) is 13.0 Å². The number of amides is 3. The summed E-state index contributed by atoms with van der Waals surface area (Å²) in [6.07, 6.45) is 1.80. The summed E-state index contributed by atoms with van der Waals surface area (Å²) < 4.78 is 10.6. The maximum Gasteiger partial charge on any atom is 0.318 e. The number of hydrogen-bond acceptors (Lipinski definition) is 5. The third-order valence-electron chi connectivity index (χ3n) is 4.25. The van der Waals surface area contributed by atoms with E-state index in [9.17, 15) is 9.59 Å².